The fourth-order valence-electron chi connectivity index (χ4n) is 3.42. The van der Waals surface area contributed by atoms with E-state index < -0.39 is 10.0 Å². The summed E-state index contributed by atoms with van der Waals surface area (Å²) in [5, 5.41) is 2.54. The predicted octanol–water partition coefficient (Wildman–Crippen LogP) is 5.08. The van der Waals surface area contributed by atoms with E-state index in [1.807, 2.05) is 0 Å². The number of guanidine groups is 2. The number of aliphatic imine (C=N–C) groups is 1. The monoisotopic (exact) mass is 495 g/mol. The maximum absolute atomic E-state index is 12.5. The number of hydrogen-bond acceptors (Lipinski definition) is 4. The lowest BCUT2D eigenvalue weighted by atomic mass is 10.1. The van der Waals surface area contributed by atoms with Crippen molar-refractivity contribution in [2.24, 2.45) is 20.9 Å². The second-order valence-corrected chi connectivity index (χ2v) is 10.2. The van der Waals surface area contributed by atoms with E-state index in [0.717, 1.165) is 32.1 Å². The van der Waals surface area contributed by atoms with E-state index >= 15 is 0 Å². The van der Waals surface area contributed by atoms with Crippen LogP contribution in [0, 0.1) is 0 Å². The maximum atomic E-state index is 12.5. The van der Waals surface area contributed by atoms with Gasteiger partial charge < -0.3 is 16.2 Å². The zero-order valence-electron chi connectivity index (χ0n) is 21.1. The van der Waals surface area contributed by atoms with E-state index in [9.17, 15) is 8.42 Å². The standard InChI is InChI=1S/C25H45N5O3S/c1-3-5-7-8-9-10-11-12-13-14-20-28-24(26)29-25(27)30-34(31,32)23-18-16-22(17-19-23)33-21-15-6-4-2/h16-19H,3-15,20-21H2,1-2H3,(H5,26,27,28,29,30). The Bertz CT molecular complexity index is 823. The molecular formula is C25H45N5O3S. The molecule has 5 N–H and O–H groups in total. The third-order valence-corrected chi connectivity index (χ3v) is 6.71. The molecule has 0 spiro atoms. The molecule has 0 heterocycles. The molecular weight excluding hydrogens is 450 g/mol. The molecule has 34 heavy (non-hydrogen) atoms. The highest BCUT2D eigenvalue weighted by Gasteiger charge is 2.14. The van der Waals surface area contributed by atoms with Gasteiger partial charge in [-0.25, -0.2) is 0 Å². The molecule has 0 saturated carbocycles. The Labute approximate surface area is 206 Å². The number of nitrogens with one attached hydrogen (secondary N) is 1. The van der Waals surface area contributed by atoms with Crippen LogP contribution in [-0.2, 0) is 10.0 Å². The van der Waals surface area contributed by atoms with Crippen molar-refractivity contribution in [2.75, 3.05) is 13.2 Å². The van der Waals surface area contributed by atoms with E-state index in [1.165, 1.54) is 63.5 Å². The highest BCUT2D eigenvalue weighted by Crippen LogP contribution is 2.18. The Morgan fingerprint density at radius 3 is 1.91 bits per heavy atom. The quantitative estimate of drug-likeness (QED) is 0.148. The largest absolute Gasteiger partial charge is 0.494 e. The molecule has 194 valence electrons. The molecule has 1 rings (SSSR count). The number of nitrogens with zero attached hydrogens (tertiary/aromatic N) is 2. The van der Waals surface area contributed by atoms with E-state index in [4.69, 9.17) is 16.2 Å². The van der Waals surface area contributed by atoms with Gasteiger partial charge in [-0.3, -0.25) is 10.3 Å². The molecule has 0 aliphatic carbocycles. The molecule has 8 nitrogen and oxygen atoms in total. The van der Waals surface area contributed by atoms with Crippen LogP contribution < -0.4 is 21.5 Å². The van der Waals surface area contributed by atoms with Crippen molar-refractivity contribution in [3.63, 3.8) is 0 Å². The molecule has 1 aromatic rings. The van der Waals surface area contributed by atoms with Crippen LogP contribution in [0.2, 0.25) is 0 Å². The average Bonchev–Trinajstić information content (AvgIpc) is 2.80. The number of hydrogen-bond donors (Lipinski definition) is 3. The van der Waals surface area contributed by atoms with Crippen molar-refractivity contribution in [3.8, 4) is 5.75 Å². The third-order valence-electron chi connectivity index (χ3n) is 5.41. The van der Waals surface area contributed by atoms with Gasteiger partial charge in [0.1, 0.15) is 5.75 Å². The predicted molar refractivity (Wildman–Crippen MR) is 142 cm³/mol. The van der Waals surface area contributed by atoms with Crippen molar-refractivity contribution in [2.45, 2.75) is 102 Å². The first-order valence-electron chi connectivity index (χ1n) is 12.8. The molecule has 0 amide bonds. The summed E-state index contributed by atoms with van der Waals surface area (Å²) in [7, 11) is -3.96. The Kier molecular flexibility index (Phi) is 15.8. The molecule has 0 aliphatic heterocycles. The van der Waals surface area contributed by atoms with Crippen molar-refractivity contribution in [1.82, 2.24) is 5.32 Å². The second kappa shape index (κ2) is 18.1. The SMILES string of the molecule is CCCCCCCCCCCCN=C(N)N/C(N)=N/S(=O)(=O)c1ccc(OCCCCC)cc1. The lowest BCUT2D eigenvalue weighted by Gasteiger charge is -2.07. The van der Waals surface area contributed by atoms with Crippen molar-refractivity contribution in [1.29, 1.82) is 0 Å². The van der Waals surface area contributed by atoms with Gasteiger partial charge in [-0.15, -0.1) is 4.40 Å². The minimum absolute atomic E-state index is 0.0269. The molecule has 0 fully saturated rings. The van der Waals surface area contributed by atoms with Gasteiger partial charge in [0.05, 0.1) is 11.5 Å². The Hall–Kier alpha value is -2.29. The summed E-state index contributed by atoms with van der Waals surface area (Å²) in [6.45, 7) is 5.53. The number of ether oxygens (including phenoxy) is 1. The van der Waals surface area contributed by atoms with Crippen LogP contribution in [0.4, 0.5) is 0 Å². The van der Waals surface area contributed by atoms with Crippen molar-refractivity contribution < 1.29 is 13.2 Å². The number of unbranched alkanes of at least 4 members (excludes halogenated alkanes) is 11. The smallest absolute Gasteiger partial charge is 0.285 e. The van der Waals surface area contributed by atoms with Gasteiger partial charge in [0.15, 0.2) is 5.96 Å². The molecule has 0 atom stereocenters. The lowest BCUT2D eigenvalue weighted by molar-refractivity contribution is 0.306. The van der Waals surface area contributed by atoms with Gasteiger partial charge >= 0.3 is 0 Å². The van der Waals surface area contributed by atoms with Gasteiger partial charge in [-0.2, -0.15) is 8.42 Å². The topological polar surface area (TPSA) is 132 Å². The molecule has 0 unspecified atom stereocenters. The Balaban J connectivity index is 2.34. The minimum Gasteiger partial charge on any atom is -0.494 e. The number of rotatable bonds is 18. The van der Waals surface area contributed by atoms with Gasteiger partial charge in [-0.05, 0) is 37.1 Å². The third kappa shape index (κ3) is 14.1. The summed E-state index contributed by atoms with van der Waals surface area (Å²) in [5.74, 6) is 0.362. The normalized spacial score (nSPS) is 12.6. The summed E-state index contributed by atoms with van der Waals surface area (Å²) >= 11 is 0. The van der Waals surface area contributed by atoms with Gasteiger partial charge in [0.25, 0.3) is 10.0 Å². The molecule has 1 aromatic carbocycles. The van der Waals surface area contributed by atoms with Gasteiger partial charge in [0, 0.05) is 6.54 Å². The van der Waals surface area contributed by atoms with E-state index in [-0.39, 0.29) is 16.8 Å². The summed E-state index contributed by atoms with van der Waals surface area (Å²) in [4.78, 5) is 4.23. The molecule has 9 heteroatoms. The Morgan fingerprint density at radius 2 is 1.32 bits per heavy atom. The minimum atomic E-state index is -3.96. The van der Waals surface area contributed by atoms with Crippen LogP contribution >= 0.6 is 0 Å². The van der Waals surface area contributed by atoms with Crippen LogP contribution in [0.25, 0.3) is 0 Å². The Morgan fingerprint density at radius 1 is 0.794 bits per heavy atom. The number of benzene rings is 1. The molecule has 0 bridgehead atoms. The molecule has 0 saturated heterocycles. The zero-order chi connectivity index (χ0) is 25.1. The van der Waals surface area contributed by atoms with Gasteiger partial charge in [0.2, 0.25) is 5.96 Å². The van der Waals surface area contributed by atoms with Crippen LogP contribution in [0.1, 0.15) is 97.3 Å². The molecule has 0 aromatic heterocycles. The van der Waals surface area contributed by atoms with Crippen molar-refractivity contribution in [3.05, 3.63) is 24.3 Å². The summed E-state index contributed by atoms with van der Waals surface area (Å²) in [6, 6.07) is 6.12. The summed E-state index contributed by atoms with van der Waals surface area (Å²) in [5.41, 5.74) is 11.5. The molecule has 0 aliphatic rings. The number of sulfonamides is 1. The second-order valence-electron chi connectivity index (χ2n) is 8.55. The fraction of sp³-hybridized carbons (Fsp3) is 0.680. The first kappa shape index (κ1) is 29.7. The van der Waals surface area contributed by atoms with Gasteiger partial charge in [-0.1, -0.05) is 84.5 Å². The highest BCUT2D eigenvalue weighted by molar-refractivity contribution is 7.90. The lowest BCUT2D eigenvalue weighted by Crippen LogP contribution is -2.42. The fourth-order valence-corrected chi connectivity index (χ4v) is 4.31. The van der Waals surface area contributed by atoms with E-state index in [2.05, 4.69) is 28.6 Å². The van der Waals surface area contributed by atoms with Crippen LogP contribution in [0.5, 0.6) is 5.75 Å². The summed E-state index contributed by atoms with van der Waals surface area (Å²) in [6.07, 6.45) is 15.6. The van der Waals surface area contributed by atoms with E-state index in [0.29, 0.717) is 18.9 Å². The highest BCUT2D eigenvalue weighted by atomic mass is 32.2. The van der Waals surface area contributed by atoms with Crippen LogP contribution in [-0.4, -0.2) is 33.5 Å². The first-order chi connectivity index (χ1) is 16.4. The maximum Gasteiger partial charge on any atom is 0.285 e. The van der Waals surface area contributed by atoms with Crippen LogP contribution in [0.3, 0.4) is 0 Å². The van der Waals surface area contributed by atoms with Crippen molar-refractivity contribution >= 4 is 21.9 Å². The first-order valence-corrected chi connectivity index (χ1v) is 14.2. The number of nitrogens with two attached hydrogens (primary N) is 2. The summed E-state index contributed by atoms with van der Waals surface area (Å²) < 4.78 is 34.1. The van der Waals surface area contributed by atoms with E-state index in [1.54, 1.807) is 12.1 Å². The molecule has 0 radical (unpaired) electrons. The zero-order valence-corrected chi connectivity index (χ0v) is 21.9. The average molecular weight is 496 g/mol. The van der Waals surface area contributed by atoms with Crippen LogP contribution in [0.15, 0.2) is 38.6 Å².